The lowest BCUT2D eigenvalue weighted by molar-refractivity contribution is 0.0436. The van der Waals surface area contributed by atoms with Crippen LogP contribution in [0.4, 0.5) is 0 Å². The highest BCUT2D eigenvalue weighted by Crippen LogP contribution is 2.12. The molecule has 0 aromatic carbocycles. The van der Waals surface area contributed by atoms with Gasteiger partial charge in [0, 0.05) is 0 Å². The van der Waals surface area contributed by atoms with Gasteiger partial charge in [0.05, 0.1) is 18.1 Å². The molecule has 1 aliphatic rings. The van der Waals surface area contributed by atoms with Crippen molar-refractivity contribution in [3.05, 3.63) is 0 Å². The van der Waals surface area contributed by atoms with Crippen LogP contribution in [0.3, 0.4) is 0 Å². The molecule has 0 radical (unpaired) electrons. The van der Waals surface area contributed by atoms with Gasteiger partial charge >= 0.3 is 0 Å². The first-order valence-electron chi connectivity index (χ1n) is 2.63. The molecule has 48 valence electrons. The molecule has 1 heterocycles. The van der Waals surface area contributed by atoms with E-state index in [0.29, 0.717) is 12.7 Å². The van der Waals surface area contributed by atoms with E-state index in [1.807, 2.05) is 6.92 Å². The van der Waals surface area contributed by atoms with Crippen LogP contribution < -0.4 is 0 Å². The Morgan fingerprint density at radius 1 is 1.62 bits per heavy atom. The van der Waals surface area contributed by atoms with Gasteiger partial charge < -0.3 is 9.47 Å². The Hall–Kier alpha value is 0.210. The summed E-state index contributed by atoms with van der Waals surface area (Å²) in [6, 6.07) is 0. The maximum atomic E-state index is 5.50. The molecule has 3 heteroatoms. The third kappa shape index (κ3) is 1.13. The fourth-order valence-corrected chi connectivity index (χ4v) is 0.987. The second kappa shape index (κ2) is 2.67. The van der Waals surface area contributed by atoms with Crippen molar-refractivity contribution >= 4 is 11.6 Å². The lowest BCUT2D eigenvalue weighted by Crippen LogP contribution is -2.20. The molecule has 0 aliphatic carbocycles. The average molecular weight is 137 g/mol. The quantitative estimate of drug-likeness (QED) is 0.501. The molecule has 0 aromatic rings. The smallest absolute Gasteiger partial charge is 0.147 e. The van der Waals surface area contributed by atoms with Crippen LogP contribution in [0.25, 0.3) is 0 Å². The van der Waals surface area contributed by atoms with Crippen LogP contribution in [-0.4, -0.2) is 24.9 Å². The van der Waals surface area contributed by atoms with Crippen LogP contribution in [0.5, 0.6) is 0 Å². The van der Waals surface area contributed by atoms with Crippen molar-refractivity contribution in [2.24, 2.45) is 0 Å². The van der Waals surface area contributed by atoms with E-state index in [2.05, 4.69) is 0 Å². The van der Waals surface area contributed by atoms with Gasteiger partial charge in [0.15, 0.2) is 0 Å². The van der Waals surface area contributed by atoms with Crippen molar-refractivity contribution in [1.82, 2.24) is 0 Å². The largest absolute Gasteiger partial charge is 0.350 e. The summed E-state index contributed by atoms with van der Waals surface area (Å²) in [6.07, 6.45) is 0.282. The third-order valence-electron chi connectivity index (χ3n) is 1.29. The van der Waals surface area contributed by atoms with E-state index in [9.17, 15) is 0 Å². The zero-order chi connectivity index (χ0) is 5.98. The minimum atomic E-state index is 0.108. The van der Waals surface area contributed by atoms with Crippen molar-refractivity contribution in [2.45, 2.75) is 19.1 Å². The summed E-state index contributed by atoms with van der Waals surface area (Å²) >= 11 is 5.50. The van der Waals surface area contributed by atoms with Gasteiger partial charge in [0.2, 0.25) is 0 Å². The average Bonchev–Trinajstić information content (AvgIpc) is 2.14. The maximum absolute atomic E-state index is 5.50. The molecule has 1 saturated heterocycles. The summed E-state index contributed by atoms with van der Waals surface area (Å²) in [7, 11) is 0. The first kappa shape index (κ1) is 6.33. The molecular weight excluding hydrogens is 128 g/mol. The third-order valence-corrected chi connectivity index (χ3v) is 1.59. The molecule has 1 aliphatic heterocycles. The van der Waals surface area contributed by atoms with Crippen molar-refractivity contribution in [3.8, 4) is 0 Å². The van der Waals surface area contributed by atoms with Gasteiger partial charge in [-0.05, 0) is 6.92 Å². The summed E-state index contributed by atoms with van der Waals surface area (Å²) in [5, 5.41) is 0. The first-order chi connectivity index (χ1) is 3.84. The molecule has 2 atom stereocenters. The normalized spacial score (nSPS) is 38.2. The maximum Gasteiger partial charge on any atom is 0.147 e. The van der Waals surface area contributed by atoms with Gasteiger partial charge in [-0.2, -0.15) is 0 Å². The summed E-state index contributed by atoms with van der Waals surface area (Å²) < 4.78 is 10.1. The second-order valence-corrected chi connectivity index (χ2v) is 2.16. The topological polar surface area (TPSA) is 18.5 Å². The molecule has 0 aromatic heterocycles. The molecule has 1 fully saturated rings. The van der Waals surface area contributed by atoms with E-state index in [0.717, 1.165) is 0 Å². The Balaban J connectivity index is 2.30. The van der Waals surface area contributed by atoms with E-state index in [-0.39, 0.29) is 12.2 Å². The lowest BCUT2D eigenvalue weighted by Gasteiger charge is -2.06. The predicted molar refractivity (Wildman–Crippen MR) is 31.0 cm³/mol. The summed E-state index contributed by atoms with van der Waals surface area (Å²) in [6.45, 7) is 2.36. The Labute approximate surface area is 53.7 Å². The van der Waals surface area contributed by atoms with Crippen molar-refractivity contribution < 1.29 is 9.47 Å². The molecule has 0 bridgehead atoms. The number of ether oxygens (including phenoxy) is 2. The van der Waals surface area contributed by atoms with E-state index in [4.69, 9.17) is 21.1 Å². The molecular formula is C5H9ClO2. The van der Waals surface area contributed by atoms with Crippen LogP contribution in [0, 0.1) is 0 Å². The van der Waals surface area contributed by atoms with Crippen molar-refractivity contribution in [2.75, 3.05) is 12.7 Å². The highest BCUT2D eigenvalue weighted by atomic mass is 35.5. The molecule has 0 unspecified atom stereocenters. The van der Waals surface area contributed by atoms with Gasteiger partial charge in [-0.1, -0.05) is 0 Å². The Kier molecular flexibility index (Phi) is 2.11. The fourth-order valence-electron chi connectivity index (χ4n) is 0.647. The minimum absolute atomic E-state index is 0.108. The first-order valence-corrected chi connectivity index (χ1v) is 3.17. The van der Waals surface area contributed by atoms with Gasteiger partial charge in [-0.15, -0.1) is 11.6 Å². The van der Waals surface area contributed by atoms with Crippen molar-refractivity contribution in [3.63, 3.8) is 0 Å². The van der Waals surface area contributed by atoms with Crippen LogP contribution in [0.2, 0.25) is 0 Å². The van der Waals surface area contributed by atoms with Gasteiger partial charge in [0.25, 0.3) is 0 Å². The van der Waals surface area contributed by atoms with Crippen LogP contribution in [-0.2, 0) is 9.47 Å². The van der Waals surface area contributed by atoms with Crippen LogP contribution >= 0.6 is 11.6 Å². The standard InChI is InChI=1S/C5H9ClO2/c1-4-5(2-6)8-3-7-4/h4-5H,2-3H2,1H3/t4-,5-/m0/s1. The van der Waals surface area contributed by atoms with Crippen LogP contribution in [0.15, 0.2) is 0 Å². The Bertz CT molecular complexity index is 76.8. The molecule has 1 rings (SSSR count). The minimum Gasteiger partial charge on any atom is -0.350 e. The van der Waals surface area contributed by atoms with Crippen molar-refractivity contribution in [1.29, 1.82) is 0 Å². The molecule has 0 saturated carbocycles. The number of hydrogen-bond donors (Lipinski definition) is 0. The monoisotopic (exact) mass is 136 g/mol. The van der Waals surface area contributed by atoms with E-state index in [1.165, 1.54) is 0 Å². The Morgan fingerprint density at radius 2 is 2.38 bits per heavy atom. The second-order valence-electron chi connectivity index (χ2n) is 1.85. The summed E-state index contributed by atoms with van der Waals surface area (Å²) in [5.41, 5.74) is 0. The molecule has 0 spiro atoms. The molecule has 0 N–H and O–H groups in total. The highest BCUT2D eigenvalue weighted by Gasteiger charge is 2.23. The fraction of sp³-hybridized carbons (Fsp3) is 1.00. The number of alkyl halides is 1. The number of rotatable bonds is 1. The zero-order valence-electron chi connectivity index (χ0n) is 4.76. The summed E-state index contributed by atoms with van der Waals surface area (Å²) in [4.78, 5) is 0. The molecule has 8 heavy (non-hydrogen) atoms. The highest BCUT2D eigenvalue weighted by molar-refractivity contribution is 6.18. The SMILES string of the molecule is C[C@@H]1OCO[C@H]1CCl. The summed E-state index contributed by atoms with van der Waals surface area (Å²) in [5.74, 6) is 0.529. The van der Waals surface area contributed by atoms with Gasteiger partial charge in [-0.3, -0.25) is 0 Å². The Morgan fingerprint density at radius 3 is 2.62 bits per heavy atom. The number of halogens is 1. The van der Waals surface area contributed by atoms with Gasteiger partial charge in [0.1, 0.15) is 6.79 Å². The van der Waals surface area contributed by atoms with E-state index >= 15 is 0 Å². The van der Waals surface area contributed by atoms with E-state index < -0.39 is 0 Å². The molecule has 2 nitrogen and oxygen atoms in total. The van der Waals surface area contributed by atoms with Gasteiger partial charge in [-0.25, -0.2) is 0 Å². The predicted octanol–water partition coefficient (Wildman–Crippen LogP) is 0.987. The van der Waals surface area contributed by atoms with E-state index in [1.54, 1.807) is 0 Å². The van der Waals surface area contributed by atoms with Crippen LogP contribution in [0.1, 0.15) is 6.92 Å². The zero-order valence-corrected chi connectivity index (χ0v) is 5.52. The number of hydrogen-bond acceptors (Lipinski definition) is 2. The lowest BCUT2D eigenvalue weighted by atomic mass is 10.3. The molecule has 0 amide bonds.